The summed E-state index contributed by atoms with van der Waals surface area (Å²) in [6, 6.07) is 10.5. The molecule has 0 radical (unpaired) electrons. The van der Waals surface area contributed by atoms with Gasteiger partial charge in [-0.05, 0) is 30.3 Å². The van der Waals surface area contributed by atoms with E-state index >= 15 is 0 Å². The molecule has 0 amide bonds. The third-order valence-electron chi connectivity index (χ3n) is 4.07. The van der Waals surface area contributed by atoms with E-state index in [0.717, 1.165) is 21.9 Å². The number of pyridine rings is 2. The number of aromatic nitrogens is 3. The number of hydrogen-bond acceptors (Lipinski definition) is 4. The molecule has 1 aromatic carbocycles. The maximum atomic E-state index is 13.5. The SMILES string of the molecule is COc1cc(Nc2ccc3c4cnccc4n(C)c3n2)ccc1F. The van der Waals surface area contributed by atoms with Crippen LogP contribution in [0.25, 0.3) is 21.9 Å². The van der Waals surface area contributed by atoms with Crippen molar-refractivity contribution in [3.8, 4) is 5.75 Å². The zero-order valence-corrected chi connectivity index (χ0v) is 13.2. The fourth-order valence-corrected chi connectivity index (χ4v) is 2.87. The minimum atomic E-state index is -0.396. The third-order valence-corrected chi connectivity index (χ3v) is 4.07. The normalized spacial score (nSPS) is 11.1. The minimum Gasteiger partial charge on any atom is -0.494 e. The van der Waals surface area contributed by atoms with Crippen LogP contribution >= 0.6 is 0 Å². The molecular weight excluding hydrogens is 307 g/mol. The molecule has 0 unspecified atom stereocenters. The van der Waals surface area contributed by atoms with Gasteiger partial charge < -0.3 is 14.6 Å². The van der Waals surface area contributed by atoms with Gasteiger partial charge in [0.25, 0.3) is 0 Å². The lowest BCUT2D eigenvalue weighted by Crippen LogP contribution is -1.97. The van der Waals surface area contributed by atoms with Crippen LogP contribution in [-0.2, 0) is 7.05 Å². The van der Waals surface area contributed by atoms with Crippen LogP contribution in [0.3, 0.4) is 0 Å². The first-order chi connectivity index (χ1) is 11.7. The molecule has 0 aliphatic carbocycles. The van der Waals surface area contributed by atoms with E-state index in [-0.39, 0.29) is 5.75 Å². The lowest BCUT2D eigenvalue weighted by atomic mass is 10.2. The van der Waals surface area contributed by atoms with E-state index in [1.165, 1.54) is 13.2 Å². The third kappa shape index (κ3) is 2.23. The van der Waals surface area contributed by atoms with E-state index in [1.54, 1.807) is 18.3 Å². The lowest BCUT2D eigenvalue weighted by Gasteiger charge is -2.08. The van der Waals surface area contributed by atoms with Crippen LogP contribution in [0.5, 0.6) is 5.75 Å². The van der Waals surface area contributed by atoms with E-state index in [1.807, 2.05) is 36.0 Å². The second kappa shape index (κ2) is 5.49. The molecule has 0 saturated carbocycles. The zero-order valence-electron chi connectivity index (χ0n) is 13.2. The van der Waals surface area contributed by atoms with Gasteiger partial charge in [-0.2, -0.15) is 0 Å². The van der Waals surface area contributed by atoms with Crippen LogP contribution in [0.1, 0.15) is 0 Å². The number of nitrogens with one attached hydrogen (secondary N) is 1. The molecule has 0 bridgehead atoms. The molecule has 0 saturated heterocycles. The quantitative estimate of drug-likeness (QED) is 0.619. The summed E-state index contributed by atoms with van der Waals surface area (Å²) in [5, 5.41) is 5.29. The molecule has 0 aliphatic heterocycles. The van der Waals surface area contributed by atoms with Gasteiger partial charge in [0.2, 0.25) is 0 Å². The summed E-state index contributed by atoms with van der Waals surface area (Å²) in [7, 11) is 3.42. The van der Waals surface area contributed by atoms with Gasteiger partial charge in [-0.1, -0.05) is 0 Å². The first kappa shape index (κ1) is 14.4. The molecule has 0 fully saturated rings. The van der Waals surface area contributed by atoms with Gasteiger partial charge in [-0.25, -0.2) is 9.37 Å². The maximum Gasteiger partial charge on any atom is 0.165 e. The largest absolute Gasteiger partial charge is 0.494 e. The van der Waals surface area contributed by atoms with E-state index in [9.17, 15) is 4.39 Å². The second-order valence-electron chi connectivity index (χ2n) is 5.49. The number of ether oxygens (including phenoxy) is 1. The van der Waals surface area contributed by atoms with Crippen LogP contribution < -0.4 is 10.1 Å². The fraction of sp³-hybridized carbons (Fsp3) is 0.111. The Kier molecular flexibility index (Phi) is 3.30. The van der Waals surface area contributed by atoms with E-state index in [0.29, 0.717) is 11.5 Å². The number of fused-ring (bicyclic) bond motifs is 3. The highest BCUT2D eigenvalue weighted by Gasteiger charge is 2.10. The number of anilines is 2. The number of methoxy groups -OCH3 is 1. The summed E-state index contributed by atoms with van der Waals surface area (Å²) in [6.45, 7) is 0. The molecule has 3 heterocycles. The molecule has 0 atom stereocenters. The van der Waals surface area contributed by atoms with Crippen molar-refractivity contribution in [2.75, 3.05) is 12.4 Å². The molecule has 0 aliphatic rings. The monoisotopic (exact) mass is 322 g/mol. The van der Waals surface area contributed by atoms with Gasteiger partial charge in [-0.15, -0.1) is 0 Å². The van der Waals surface area contributed by atoms with Crippen molar-refractivity contribution in [3.05, 3.63) is 54.6 Å². The van der Waals surface area contributed by atoms with Crippen LogP contribution in [0.15, 0.2) is 48.8 Å². The highest BCUT2D eigenvalue weighted by atomic mass is 19.1. The van der Waals surface area contributed by atoms with Crippen molar-refractivity contribution in [2.24, 2.45) is 7.05 Å². The highest BCUT2D eigenvalue weighted by molar-refractivity contribution is 6.06. The Bertz CT molecular complexity index is 1060. The number of rotatable bonds is 3. The van der Waals surface area contributed by atoms with Gasteiger partial charge in [-0.3, -0.25) is 4.98 Å². The number of halogens is 1. The summed E-state index contributed by atoms with van der Waals surface area (Å²) in [5.41, 5.74) is 2.64. The Morgan fingerprint density at radius 2 is 2.00 bits per heavy atom. The standard InChI is InChI=1S/C18H15FN4O/c1-23-15-7-8-20-10-13(15)12-4-6-17(22-18(12)23)21-11-3-5-14(19)16(9-11)24-2/h3-10H,1-2H3,(H,21,22). The van der Waals surface area contributed by atoms with Crippen molar-refractivity contribution in [1.29, 1.82) is 0 Å². The number of aryl methyl sites for hydroxylation is 1. The fourth-order valence-electron chi connectivity index (χ4n) is 2.87. The van der Waals surface area contributed by atoms with Gasteiger partial charge >= 0.3 is 0 Å². The average Bonchev–Trinajstić information content (AvgIpc) is 2.89. The van der Waals surface area contributed by atoms with Crippen molar-refractivity contribution in [1.82, 2.24) is 14.5 Å². The molecule has 24 heavy (non-hydrogen) atoms. The summed E-state index contributed by atoms with van der Waals surface area (Å²) in [4.78, 5) is 8.86. The van der Waals surface area contributed by atoms with E-state index < -0.39 is 5.82 Å². The lowest BCUT2D eigenvalue weighted by molar-refractivity contribution is 0.387. The first-order valence-corrected chi connectivity index (χ1v) is 7.47. The maximum absolute atomic E-state index is 13.5. The van der Waals surface area contributed by atoms with Crippen LogP contribution in [0, 0.1) is 5.82 Å². The molecule has 4 aromatic rings. The highest BCUT2D eigenvalue weighted by Crippen LogP contribution is 2.29. The number of hydrogen-bond donors (Lipinski definition) is 1. The number of benzene rings is 1. The van der Waals surface area contributed by atoms with E-state index in [2.05, 4.69) is 15.3 Å². The Labute approximate surface area is 137 Å². The molecule has 5 nitrogen and oxygen atoms in total. The predicted molar refractivity (Wildman–Crippen MR) is 92.2 cm³/mol. The van der Waals surface area contributed by atoms with Crippen LogP contribution in [0.2, 0.25) is 0 Å². The molecule has 0 spiro atoms. The van der Waals surface area contributed by atoms with Crippen molar-refractivity contribution in [2.45, 2.75) is 0 Å². The summed E-state index contributed by atoms with van der Waals surface area (Å²) in [5.74, 6) is 0.472. The molecule has 3 aromatic heterocycles. The molecule has 1 N–H and O–H groups in total. The van der Waals surface area contributed by atoms with Gasteiger partial charge in [0, 0.05) is 42.0 Å². The zero-order chi connectivity index (χ0) is 16.7. The van der Waals surface area contributed by atoms with E-state index in [4.69, 9.17) is 4.74 Å². The van der Waals surface area contributed by atoms with Gasteiger partial charge in [0.05, 0.1) is 12.6 Å². The molecule has 120 valence electrons. The Hall–Kier alpha value is -3.15. The smallest absolute Gasteiger partial charge is 0.165 e. The summed E-state index contributed by atoms with van der Waals surface area (Å²) >= 11 is 0. The molecule has 6 heteroatoms. The first-order valence-electron chi connectivity index (χ1n) is 7.47. The topological polar surface area (TPSA) is 52.0 Å². The van der Waals surface area contributed by atoms with Crippen molar-refractivity contribution in [3.63, 3.8) is 0 Å². The van der Waals surface area contributed by atoms with Crippen LogP contribution in [0.4, 0.5) is 15.9 Å². The minimum absolute atomic E-state index is 0.191. The summed E-state index contributed by atoms with van der Waals surface area (Å²) < 4.78 is 20.5. The van der Waals surface area contributed by atoms with Gasteiger partial charge in [0.15, 0.2) is 11.6 Å². The Balaban J connectivity index is 1.78. The Morgan fingerprint density at radius 1 is 1.12 bits per heavy atom. The second-order valence-corrected chi connectivity index (χ2v) is 5.49. The van der Waals surface area contributed by atoms with Crippen LogP contribution in [-0.4, -0.2) is 21.6 Å². The molecular formula is C18H15FN4O. The predicted octanol–water partition coefficient (Wildman–Crippen LogP) is 4.01. The number of nitrogens with zero attached hydrogens (tertiary/aromatic N) is 3. The van der Waals surface area contributed by atoms with Gasteiger partial charge in [0.1, 0.15) is 11.5 Å². The summed E-state index contributed by atoms with van der Waals surface area (Å²) in [6.07, 6.45) is 3.61. The van der Waals surface area contributed by atoms with Crippen molar-refractivity contribution >= 4 is 33.4 Å². The Morgan fingerprint density at radius 3 is 2.83 bits per heavy atom. The van der Waals surface area contributed by atoms with Crippen molar-refractivity contribution < 1.29 is 9.13 Å². The average molecular weight is 322 g/mol. The molecule has 4 rings (SSSR count).